The standard InChI is InChI=1S/C15H25N3O2S/c1-12(11-18-9-3-4-10-18)17-13(2)14-5-7-15(8-6-14)21(16,19)20/h5-8,12-13,17H,3-4,9-11H2,1-2H3,(H2,16,19,20). The Morgan fingerprint density at radius 1 is 1.19 bits per heavy atom. The summed E-state index contributed by atoms with van der Waals surface area (Å²) in [5.74, 6) is 0. The van der Waals surface area contributed by atoms with Crippen LogP contribution in [0.1, 0.15) is 38.3 Å². The quantitative estimate of drug-likeness (QED) is 0.834. The van der Waals surface area contributed by atoms with Crippen molar-refractivity contribution in [1.29, 1.82) is 0 Å². The van der Waals surface area contributed by atoms with Crippen molar-refractivity contribution in [2.75, 3.05) is 19.6 Å². The number of hydrogen-bond donors (Lipinski definition) is 2. The molecule has 0 spiro atoms. The molecule has 6 heteroatoms. The number of nitrogens with two attached hydrogens (primary N) is 1. The zero-order valence-electron chi connectivity index (χ0n) is 12.7. The Hall–Kier alpha value is -0.950. The monoisotopic (exact) mass is 311 g/mol. The third-order valence-electron chi connectivity index (χ3n) is 3.97. The highest BCUT2D eigenvalue weighted by Gasteiger charge is 2.16. The summed E-state index contributed by atoms with van der Waals surface area (Å²) in [5, 5.41) is 8.66. The van der Waals surface area contributed by atoms with Crippen LogP contribution in [-0.4, -0.2) is 39.0 Å². The summed E-state index contributed by atoms with van der Waals surface area (Å²) in [6, 6.07) is 7.34. The fraction of sp³-hybridized carbons (Fsp3) is 0.600. The molecule has 2 atom stereocenters. The van der Waals surface area contributed by atoms with Crippen LogP contribution in [0, 0.1) is 0 Å². The van der Waals surface area contributed by atoms with Crippen molar-refractivity contribution in [3.63, 3.8) is 0 Å². The van der Waals surface area contributed by atoms with Crippen LogP contribution >= 0.6 is 0 Å². The smallest absolute Gasteiger partial charge is 0.238 e. The molecular formula is C15H25N3O2S. The fourth-order valence-corrected chi connectivity index (χ4v) is 3.39. The van der Waals surface area contributed by atoms with Gasteiger partial charge in [0.15, 0.2) is 0 Å². The summed E-state index contributed by atoms with van der Waals surface area (Å²) in [7, 11) is -3.61. The first-order valence-electron chi connectivity index (χ1n) is 7.47. The zero-order valence-corrected chi connectivity index (χ0v) is 13.6. The van der Waals surface area contributed by atoms with Crippen LogP contribution in [0.25, 0.3) is 0 Å². The van der Waals surface area contributed by atoms with Gasteiger partial charge in [-0.25, -0.2) is 13.6 Å². The lowest BCUT2D eigenvalue weighted by molar-refractivity contribution is 0.289. The van der Waals surface area contributed by atoms with Gasteiger partial charge in [-0.15, -0.1) is 0 Å². The maximum Gasteiger partial charge on any atom is 0.238 e. The third-order valence-corrected chi connectivity index (χ3v) is 4.90. The van der Waals surface area contributed by atoms with E-state index in [1.54, 1.807) is 12.1 Å². The normalized spacial score (nSPS) is 19.6. The second kappa shape index (κ2) is 6.87. The van der Waals surface area contributed by atoms with Crippen LogP contribution in [0.2, 0.25) is 0 Å². The van der Waals surface area contributed by atoms with Gasteiger partial charge in [0.05, 0.1) is 4.90 Å². The number of rotatable bonds is 6. The molecule has 0 aromatic heterocycles. The third kappa shape index (κ3) is 4.78. The van der Waals surface area contributed by atoms with E-state index in [4.69, 9.17) is 5.14 Å². The summed E-state index contributed by atoms with van der Waals surface area (Å²) >= 11 is 0. The lowest BCUT2D eigenvalue weighted by Crippen LogP contribution is -2.39. The molecule has 1 aromatic carbocycles. The van der Waals surface area contributed by atoms with Crippen molar-refractivity contribution in [2.24, 2.45) is 5.14 Å². The SMILES string of the molecule is CC(CN1CCCC1)NC(C)c1ccc(S(N)(=O)=O)cc1. The minimum atomic E-state index is -3.61. The van der Waals surface area contributed by atoms with Gasteiger partial charge >= 0.3 is 0 Å². The van der Waals surface area contributed by atoms with E-state index in [1.807, 2.05) is 12.1 Å². The van der Waals surface area contributed by atoms with Crippen LogP contribution < -0.4 is 10.5 Å². The maximum atomic E-state index is 11.2. The van der Waals surface area contributed by atoms with Gasteiger partial charge in [0.1, 0.15) is 0 Å². The second-order valence-corrected chi connectivity index (χ2v) is 7.47. The van der Waals surface area contributed by atoms with Crippen molar-refractivity contribution >= 4 is 10.0 Å². The van der Waals surface area contributed by atoms with E-state index in [9.17, 15) is 8.42 Å². The van der Waals surface area contributed by atoms with E-state index < -0.39 is 10.0 Å². The second-order valence-electron chi connectivity index (χ2n) is 5.91. The van der Waals surface area contributed by atoms with E-state index in [-0.39, 0.29) is 10.9 Å². The molecule has 0 amide bonds. The van der Waals surface area contributed by atoms with Gasteiger partial charge in [-0.1, -0.05) is 12.1 Å². The first-order valence-corrected chi connectivity index (χ1v) is 9.02. The van der Waals surface area contributed by atoms with Crippen molar-refractivity contribution in [2.45, 2.75) is 43.7 Å². The van der Waals surface area contributed by atoms with Crippen LogP contribution in [-0.2, 0) is 10.0 Å². The van der Waals surface area contributed by atoms with Crippen molar-refractivity contribution < 1.29 is 8.42 Å². The first-order chi connectivity index (χ1) is 9.86. The highest BCUT2D eigenvalue weighted by molar-refractivity contribution is 7.89. The number of benzene rings is 1. The number of likely N-dealkylation sites (tertiary alicyclic amines) is 1. The molecule has 1 aromatic rings. The Morgan fingerprint density at radius 2 is 1.76 bits per heavy atom. The molecule has 1 aliphatic heterocycles. The molecule has 1 aliphatic rings. The lowest BCUT2D eigenvalue weighted by Gasteiger charge is -2.25. The molecule has 1 fully saturated rings. The van der Waals surface area contributed by atoms with E-state index in [1.165, 1.54) is 25.9 Å². The minimum Gasteiger partial charge on any atom is -0.306 e. The van der Waals surface area contributed by atoms with E-state index >= 15 is 0 Å². The number of nitrogens with zero attached hydrogens (tertiary/aromatic N) is 1. The molecule has 1 saturated heterocycles. The highest BCUT2D eigenvalue weighted by Crippen LogP contribution is 2.16. The Morgan fingerprint density at radius 3 is 2.29 bits per heavy atom. The van der Waals surface area contributed by atoms with Crippen LogP contribution in [0.5, 0.6) is 0 Å². The molecule has 3 N–H and O–H groups in total. The largest absolute Gasteiger partial charge is 0.306 e. The molecular weight excluding hydrogens is 286 g/mol. The molecule has 5 nitrogen and oxygen atoms in total. The van der Waals surface area contributed by atoms with Gasteiger partial charge in [-0.05, 0) is 57.5 Å². The summed E-state index contributed by atoms with van der Waals surface area (Å²) in [6.45, 7) is 7.73. The predicted octanol–water partition coefficient (Wildman–Crippen LogP) is 1.47. The summed E-state index contributed by atoms with van der Waals surface area (Å²) in [6.07, 6.45) is 2.61. The average molecular weight is 311 g/mol. The summed E-state index contributed by atoms with van der Waals surface area (Å²) in [5.41, 5.74) is 1.07. The maximum absolute atomic E-state index is 11.2. The molecule has 2 unspecified atom stereocenters. The Balaban J connectivity index is 1.91. The summed E-state index contributed by atoms with van der Waals surface area (Å²) in [4.78, 5) is 2.64. The number of sulfonamides is 1. The topological polar surface area (TPSA) is 75.4 Å². The van der Waals surface area contributed by atoms with E-state index in [0.717, 1.165) is 12.1 Å². The molecule has 118 valence electrons. The van der Waals surface area contributed by atoms with Crippen LogP contribution in [0.3, 0.4) is 0 Å². The first kappa shape index (κ1) is 16.4. The number of hydrogen-bond acceptors (Lipinski definition) is 4. The molecule has 21 heavy (non-hydrogen) atoms. The molecule has 0 bridgehead atoms. The lowest BCUT2D eigenvalue weighted by atomic mass is 10.1. The molecule has 0 radical (unpaired) electrons. The van der Waals surface area contributed by atoms with E-state index in [2.05, 4.69) is 24.1 Å². The Bertz CT molecular complexity index is 551. The molecule has 1 heterocycles. The van der Waals surface area contributed by atoms with E-state index in [0.29, 0.717) is 6.04 Å². The van der Waals surface area contributed by atoms with Gasteiger partial charge in [-0.3, -0.25) is 0 Å². The highest BCUT2D eigenvalue weighted by atomic mass is 32.2. The summed E-state index contributed by atoms with van der Waals surface area (Å²) < 4.78 is 22.5. The number of primary sulfonamides is 1. The zero-order chi connectivity index (χ0) is 15.5. The van der Waals surface area contributed by atoms with Gasteiger partial charge in [0.25, 0.3) is 0 Å². The average Bonchev–Trinajstić information content (AvgIpc) is 2.90. The van der Waals surface area contributed by atoms with Gasteiger partial charge in [-0.2, -0.15) is 0 Å². The number of nitrogens with one attached hydrogen (secondary N) is 1. The molecule has 0 aliphatic carbocycles. The van der Waals surface area contributed by atoms with Crippen LogP contribution in [0.15, 0.2) is 29.2 Å². The predicted molar refractivity (Wildman–Crippen MR) is 84.5 cm³/mol. The van der Waals surface area contributed by atoms with Gasteiger partial charge in [0.2, 0.25) is 10.0 Å². The van der Waals surface area contributed by atoms with Crippen molar-refractivity contribution in [3.8, 4) is 0 Å². The minimum absolute atomic E-state index is 0.156. The molecule has 0 saturated carbocycles. The van der Waals surface area contributed by atoms with Gasteiger partial charge < -0.3 is 10.2 Å². The van der Waals surface area contributed by atoms with Crippen LogP contribution in [0.4, 0.5) is 0 Å². The van der Waals surface area contributed by atoms with Gasteiger partial charge in [0, 0.05) is 18.6 Å². The molecule has 2 rings (SSSR count). The fourth-order valence-electron chi connectivity index (χ4n) is 2.87. The van der Waals surface area contributed by atoms with Crippen molar-refractivity contribution in [3.05, 3.63) is 29.8 Å². The Labute approximate surface area is 127 Å². The Kier molecular flexibility index (Phi) is 5.37. The van der Waals surface area contributed by atoms with Crippen molar-refractivity contribution in [1.82, 2.24) is 10.2 Å².